The van der Waals surface area contributed by atoms with Crippen molar-refractivity contribution in [1.29, 1.82) is 0 Å². The zero-order valence-electron chi connectivity index (χ0n) is 28.3. The smallest absolute Gasteiger partial charge is 0.104 e. The molecule has 1 aromatic carbocycles. The second-order valence-electron chi connectivity index (χ2n) is 13.3. The van der Waals surface area contributed by atoms with Crippen molar-refractivity contribution in [2.45, 2.75) is 195 Å². The summed E-state index contributed by atoms with van der Waals surface area (Å²) in [6.45, 7) is 14.7. The van der Waals surface area contributed by atoms with E-state index in [0.717, 1.165) is 6.42 Å². The number of rotatable bonds is 30. The van der Waals surface area contributed by atoms with E-state index in [0.29, 0.717) is 0 Å². The van der Waals surface area contributed by atoms with Crippen molar-refractivity contribution in [2.24, 2.45) is 0 Å². The molecule has 0 aromatic heterocycles. The van der Waals surface area contributed by atoms with Gasteiger partial charge in [0.2, 0.25) is 0 Å². The Morgan fingerprint density at radius 3 is 0.925 bits per heavy atom. The molecule has 0 atom stereocenters. The van der Waals surface area contributed by atoms with Crippen molar-refractivity contribution >= 4 is 0 Å². The van der Waals surface area contributed by atoms with E-state index >= 15 is 0 Å². The van der Waals surface area contributed by atoms with Gasteiger partial charge in [0.1, 0.15) is 6.54 Å². The Bertz CT molecular complexity index is 582. The van der Waals surface area contributed by atoms with E-state index in [2.05, 4.69) is 52.0 Å². The van der Waals surface area contributed by atoms with Crippen LogP contribution in [0.1, 0.15) is 193 Å². The fraction of sp³-hybridized carbons (Fsp3) is 0.846. The first-order valence-electron chi connectivity index (χ1n) is 18.6. The Hall–Kier alpha value is -0.820. The predicted octanol–water partition coefficient (Wildman–Crippen LogP) is 13.0. The van der Waals surface area contributed by atoms with Crippen molar-refractivity contribution in [3.05, 3.63) is 35.4 Å². The van der Waals surface area contributed by atoms with Crippen LogP contribution in [0.25, 0.3) is 0 Å². The highest BCUT2D eigenvalue weighted by molar-refractivity contribution is 5.21. The lowest BCUT2D eigenvalue weighted by Crippen LogP contribution is -2.49. The summed E-state index contributed by atoms with van der Waals surface area (Å²) in [7, 11) is 0. The zero-order valence-corrected chi connectivity index (χ0v) is 28.3. The normalized spacial score (nSPS) is 11.9. The molecule has 0 heterocycles. The molecule has 0 amide bonds. The first-order valence-corrected chi connectivity index (χ1v) is 18.6. The lowest BCUT2D eigenvalue weighted by Gasteiger charge is -2.39. The summed E-state index contributed by atoms with van der Waals surface area (Å²) in [5.74, 6) is 0. The molecule has 0 saturated heterocycles. The van der Waals surface area contributed by atoms with Crippen LogP contribution in [0, 0.1) is 0 Å². The summed E-state index contributed by atoms with van der Waals surface area (Å²) in [5.41, 5.74) is 3.06. The van der Waals surface area contributed by atoms with Crippen LogP contribution < -0.4 is 0 Å². The molecule has 1 aromatic rings. The monoisotopic (exact) mass is 557 g/mol. The second kappa shape index (κ2) is 27.0. The minimum Gasteiger partial charge on any atom is -0.320 e. The summed E-state index contributed by atoms with van der Waals surface area (Å²) < 4.78 is 1.35. The van der Waals surface area contributed by atoms with Crippen LogP contribution in [-0.2, 0) is 13.0 Å². The molecule has 0 fully saturated rings. The van der Waals surface area contributed by atoms with Gasteiger partial charge in [-0.1, -0.05) is 168 Å². The molecule has 0 aliphatic heterocycles. The molecule has 0 bridgehead atoms. The number of benzene rings is 1. The summed E-state index contributed by atoms with van der Waals surface area (Å²) in [4.78, 5) is 0. The average Bonchev–Trinajstić information content (AvgIpc) is 2.97. The van der Waals surface area contributed by atoms with Crippen molar-refractivity contribution in [3.63, 3.8) is 0 Å². The highest BCUT2D eigenvalue weighted by Crippen LogP contribution is 2.23. The lowest BCUT2D eigenvalue weighted by molar-refractivity contribution is -0.941. The van der Waals surface area contributed by atoms with Crippen LogP contribution in [0.3, 0.4) is 0 Å². The van der Waals surface area contributed by atoms with Crippen LogP contribution in [0.4, 0.5) is 0 Å². The van der Waals surface area contributed by atoms with Crippen molar-refractivity contribution in [1.82, 2.24) is 0 Å². The molecule has 234 valence electrons. The molecule has 0 spiro atoms. The number of nitrogens with zero attached hydrogens (tertiary/aromatic N) is 1. The van der Waals surface area contributed by atoms with Gasteiger partial charge >= 0.3 is 0 Å². The topological polar surface area (TPSA) is 0 Å². The van der Waals surface area contributed by atoms with E-state index < -0.39 is 0 Å². The highest BCUT2D eigenvalue weighted by Gasteiger charge is 2.26. The fourth-order valence-electron chi connectivity index (χ4n) is 6.58. The highest BCUT2D eigenvalue weighted by atomic mass is 15.3. The zero-order chi connectivity index (χ0) is 29.0. The van der Waals surface area contributed by atoms with Crippen LogP contribution in [0.2, 0.25) is 0 Å². The number of aryl methyl sites for hydroxylation is 1. The SMILES string of the molecule is CCCCCCCCCC[N+](CCCCCCCCCC)(CCCCCCCCCC)Cc1ccc(CC)cc1. The lowest BCUT2D eigenvalue weighted by atomic mass is 10.0. The van der Waals surface area contributed by atoms with E-state index in [9.17, 15) is 0 Å². The summed E-state index contributed by atoms with van der Waals surface area (Å²) in [6, 6.07) is 9.71. The average molecular weight is 557 g/mol. The third kappa shape index (κ3) is 20.1. The standard InChI is InChI=1S/C39H74N/c1-5-9-12-15-18-21-24-27-34-40(35-28-25-22-19-16-13-10-6-2,36-29-26-23-20-17-14-11-7-3)37-39-32-30-38(8-4)31-33-39/h30-33H,5-29,34-37H2,1-4H3/q+1. The predicted molar refractivity (Wildman–Crippen MR) is 182 cm³/mol. The van der Waals surface area contributed by atoms with Gasteiger partial charge < -0.3 is 4.48 Å². The largest absolute Gasteiger partial charge is 0.320 e. The molecule has 40 heavy (non-hydrogen) atoms. The van der Waals surface area contributed by atoms with Gasteiger partial charge in [-0.3, -0.25) is 0 Å². The molecular formula is C39H74N+. The molecule has 0 radical (unpaired) electrons. The van der Waals surface area contributed by atoms with E-state index in [1.54, 1.807) is 5.56 Å². The molecule has 1 nitrogen and oxygen atoms in total. The van der Waals surface area contributed by atoms with Gasteiger partial charge in [0, 0.05) is 5.56 Å². The number of quaternary nitrogens is 1. The van der Waals surface area contributed by atoms with E-state index in [1.165, 1.54) is 190 Å². The molecule has 0 saturated carbocycles. The van der Waals surface area contributed by atoms with E-state index in [-0.39, 0.29) is 0 Å². The molecule has 1 rings (SSSR count). The number of unbranched alkanes of at least 4 members (excludes halogenated alkanes) is 21. The maximum absolute atomic E-state index is 2.46. The fourth-order valence-corrected chi connectivity index (χ4v) is 6.58. The van der Waals surface area contributed by atoms with Gasteiger partial charge in [0.25, 0.3) is 0 Å². The van der Waals surface area contributed by atoms with E-state index in [1.807, 2.05) is 0 Å². The Kier molecular flexibility index (Phi) is 25.2. The third-order valence-corrected chi connectivity index (χ3v) is 9.41. The van der Waals surface area contributed by atoms with Gasteiger partial charge in [0.15, 0.2) is 0 Å². The Morgan fingerprint density at radius 2 is 0.625 bits per heavy atom. The molecule has 0 N–H and O–H groups in total. The van der Waals surface area contributed by atoms with Crippen molar-refractivity contribution in [2.75, 3.05) is 19.6 Å². The maximum Gasteiger partial charge on any atom is 0.104 e. The Morgan fingerprint density at radius 1 is 0.350 bits per heavy atom. The molecule has 0 unspecified atom stereocenters. The molecule has 0 aliphatic rings. The quantitative estimate of drug-likeness (QED) is 0.0653. The van der Waals surface area contributed by atoms with Gasteiger partial charge in [0.05, 0.1) is 19.6 Å². The third-order valence-electron chi connectivity index (χ3n) is 9.41. The van der Waals surface area contributed by atoms with Crippen LogP contribution >= 0.6 is 0 Å². The molecular weight excluding hydrogens is 482 g/mol. The Balaban J connectivity index is 2.74. The van der Waals surface area contributed by atoms with Crippen LogP contribution in [0.15, 0.2) is 24.3 Å². The second-order valence-corrected chi connectivity index (χ2v) is 13.3. The van der Waals surface area contributed by atoms with Crippen molar-refractivity contribution in [3.8, 4) is 0 Å². The van der Waals surface area contributed by atoms with Crippen molar-refractivity contribution < 1.29 is 4.48 Å². The first-order chi connectivity index (χ1) is 19.7. The minimum atomic E-state index is 1.15. The molecule has 1 heteroatoms. The molecule has 0 aliphatic carbocycles. The first kappa shape index (κ1) is 37.2. The van der Waals surface area contributed by atoms with Gasteiger partial charge in [-0.25, -0.2) is 0 Å². The van der Waals surface area contributed by atoms with Gasteiger partial charge in [-0.2, -0.15) is 0 Å². The minimum absolute atomic E-state index is 1.15. The summed E-state index contributed by atoms with van der Waals surface area (Å²) >= 11 is 0. The van der Waals surface area contributed by atoms with Gasteiger partial charge in [-0.15, -0.1) is 0 Å². The van der Waals surface area contributed by atoms with Crippen LogP contribution in [0.5, 0.6) is 0 Å². The maximum atomic E-state index is 2.46. The van der Waals surface area contributed by atoms with Crippen LogP contribution in [-0.4, -0.2) is 24.1 Å². The Labute approximate surface area is 253 Å². The number of hydrogen-bond acceptors (Lipinski definition) is 0. The summed E-state index contributed by atoms with van der Waals surface area (Å²) in [6.07, 6.45) is 35.5. The van der Waals surface area contributed by atoms with Gasteiger partial charge in [-0.05, 0) is 50.5 Å². The van der Waals surface area contributed by atoms with E-state index in [4.69, 9.17) is 0 Å². The number of hydrogen-bond donors (Lipinski definition) is 0. The summed E-state index contributed by atoms with van der Waals surface area (Å²) in [5, 5.41) is 0.